The monoisotopic (exact) mass is 330 g/mol. The maximum Gasteiger partial charge on any atom is 0.173 e. The van der Waals surface area contributed by atoms with Gasteiger partial charge >= 0.3 is 0 Å². The molecule has 2 N–H and O–H groups in total. The molecule has 2 aromatic heterocycles. The van der Waals surface area contributed by atoms with E-state index in [-0.39, 0.29) is 11.7 Å². The number of benzene rings is 1. The molecule has 0 radical (unpaired) electrons. The molecule has 5 nitrogen and oxygen atoms in total. The van der Waals surface area contributed by atoms with Crippen molar-refractivity contribution in [3.8, 4) is 0 Å². The molecule has 1 aliphatic heterocycles. The van der Waals surface area contributed by atoms with Crippen LogP contribution in [0.4, 0.5) is 11.6 Å². The topological polar surface area (TPSA) is 66.9 Å². The maximum absolute atomic E-state index is 12.8. The van der Waals surface area contributed by atoms with Crippen LogP contribution in [0.3, 0.4) is 0 Å². The molecule has 3 heterocycles. The Hall–Kier alpha value is -3.21. The van der Waals surface area contributed by atoms with Gasteiger partial charge < -0.3 is 10.6 Å². The summed E-state index contributed by atoms with van der Waals surface area (Å²) in [6.45, 7) is 1.28. The Kier molecular flexibility index (Phi) is 4.12. The highest BCUT2D eigenvalue weighted by Gasteiger charge is 2.29. The zero-order valence-electron chi connectivity index (χ0n) is 13.6. The summed E-state index contributed by atoms with van der Waals surface area (Å²) < 4.78 is 0. The van der Waals surface area contributed by atoms with Gasteiger partial charge in [0.2, 0.25) is 0 Å². The second-order valence-electron chi connectivity index (χ2n) is 6.01. The van der Waals surface area contributed by atoms with E-state index in [4.69, 9.17) is 0 Å². The van der Waals surface area contributed by atoms with Crippen LogP contribution in [0.15, 0.2) is 67.0 Å². The smallest absolute Gasteiger partial charge is 0.173 e. The average Bonchev–Trinajstić information content (AvgIpc) is 3.11. The molecule has 0 bridgehead atoms. The van der Waals surface area contributed by atoms with Gasteiger partial charge in [-0.05, 0) is 23.8 Å². The third-order valence-electron chi connectivity index (χ3n) is 4.37. The summed E-state index contributed by atoms with van der Waals surface area (Å²) in [6.07, 6.45) is 3.37. The number of carbonyl (C=O) groups is 1. The molecule has 0 fully saturated rings. The fourth-order valence-corrected chi connectivity index (χ4v) is 3.02. The molecular weight excluding hydrogens is 312 g/mol. The summed E-state index contributed by atoms with van der Waals surface area (Å²) in [5.41, 5.74) is 2.76. The van der Waals surface area contributed by atoms with Gasteiger partial charge in [-0.1, -0.05) is 36.4 Å². The standard InChI is InChI=1S/C20H18N4O/c25-19(17-13-24-20-16(17)7-4-10-21-20)15-8-9-18(23-12-15)22-11-14-5-2-1-3-6-14/h1-10,12,17H,11,13H2,(H,21,24)(H,22,23). The largest absolute Gasteiger partial charge is 0.369 e. The molecule has 1 atom stereocenters. The molecule has 124 valence electrons. The number of rotatable bonds is 5. The van der Waals surface area contributed by atoms with Gasteiger partial charge in [0.15, 0.2) is 5.78 Å². The number of nitrogens with one attached hydrogen (secondary N) is 2. The quantitative estimate of drug-likeness (QED) is 0.701. The van der Waals surface area contributed by atoms with E-state index in [9.17, 15) is 4.79 Å². The average molecular weight is 330 g/mol. The van der Waals surface area contributed by atoms with Crippen LogP contribution in [0.1, 0.15) is 27.4 Å². The number of nitrogens with zero attached hydrogens (tertiary/aromatic N) is 2. The third-order valence-corrected chi connectivity index (χ3v) is 4.37. The highest BCUT2D eigenvalue weighted by molar-refractivity contribution is 6.02. The fraction of sp³-hybridized carbons (Fsp3) is 0.150. The van der Waals surface area contributed by atoms with E-state index in [1.807, 2.05) is 42.5 Å². The number of carbonyl (C=O) groups excluding carboxylic acids is 1. The van der Waals surface area contributed by atoms with Gasteiger partial charge in [0.05, 0.1) is 5.92 Å². The zero-order valence-corrected chi connectivity index (χ0v) is 13.6. The highest BCUT2D eigenvalue weighted by atomic mass is 16.1. The van der Waals surface area contributed by atoms with Crippen molar-refractivity contribution in [3.05, 3.63) is 83.7 Å². The number of aromatic nitrogens is 2. The van der Waals surface area contributed by atoms with Crippen LogP contribution in [-0.4, -0.2) is 22.3 Å². The van der Waals surface area contributed by atoms with Crippen molar-refractivity contribution in [1.82, 2.24) is 9.97 Å². The first kappa shape index (κ1) is 15.3. The summed E-state index contributed by atoms with van der Waals surface area (Å²) in [4.78, 5) is 21.4. The highest BCUT2D eigenvalue weighted by Crippen LogP contribution is 2.31. The molecule has 5 heteroatoms. The first-order valence-electron chi connectivity index (χ1n) is 8.28. The van der Waals surface area contributed by atoms with Gasteiger partial charge in [-0.2, -0.15) is 0 Å². The first-order chi connectivity index (χ1) is 12.3. The molecule has 1 aliphatic rings. The number of hydrogen-bond acceptors (Lipinski definition) is 5. The van der Waals surface area contributed by atoms with Gasteiger partial charge in [-0.3, -0.25) is 4.79 Å². The summed E-state index contributed by atoms with van der Waals surface area (Å²) in [5, 5.41) is 6.45. The lowest BCUT2D eigenvalue weighted by Gasteiger charge is -2.10. The lowest BCUT2D eigenvalue weighted by Crippen LogP contribution is -2.15. The number of pyridine rings is 2. The lowest BCUT2D eigenvalue weighted by atomic mass is 9.94. The number of Topliss-reactive ketones (excluding diaryl/α,β-unsaturated/α-hetero) is 1. The van der Waals surface area contributed by atoms with E-state index in [1.165, 1.54) is 5.56 Å². The molecule has 0 saturated heterocycles. The van der Waals surface area contributed by atoms with Gasteiger partial charge in [-0.25, -0.2) is 9.97 Å². The molecular formula is C20H18N4O. The van der Waals surface area contributed by atoms with Gasteiger partial charge in [0, 0.05) is 36.6 Å². The van der Waals surface area contributed by atoms with Crippen LogP contribution < -0.4 is 10.6 Å². The van der Waals surface area contributed by atoms with E-state index in [2.05, 4.69) is 32.7 Å². The minimum absolute atomic E-state index is 0.0707. The number of hydrogen-bond donors (Lipinski definition) is 2. The molecule has 1 unspecified atom stereocenters. The second kappa shape index (κ2) is 6.73. The Bertz CT molecular complexity index is 878. The van der Waals surface area contributed by atoms with Crippen LogP contribution in [0, 0.1) is 0 Å². The molecule has 0 saturated carbocycles. The van der Waals surface area contributed by atoms with Crippen molar-refractivity contribution in [2.75, 3.05) is 17.2 Å². The van der Waals surface area contributed by atoms with Crippen LogP contribution in [0.25, 0.3) is 0 Å². The van der Waals surface area contributed by atoms with Gasteiger partial charge in [0.1, 0.15) is 11.6 Å². The van der Waals surface area contributed by atoms with Crippen molar-refractivity contribution in [1.29, 1.82) is 0 Å². The molecule has 0 spiro atoms. The van der Waals surface area contributed by atoms with Crippen LogP contribution in [0.2, 0.25) is 0 Å². The Morgan fingerprint density at radius 2 is 1.96 bits per heavy atom. The predicted molar refractivity (Wildman–Crippen MR) is 97.8 cm³/mol. The number of fused-ring (bicyclic) bond motifs is 1. The van der Waals surface area contributed by atoms with Crippen molar-refractivity contribution in [2.24, 2.45) is 0 Å². The summed E-state index contributed by atoms with van der Waals surface area (Å²) >= 11 is 0. The first-order valence-corrected chi connectivity index (χ1v) is 8.28. The minimum atomic E-state index is -0.200. The van der Waals surface area contributed by atoms with Gasteiger partial charge in [0.25, 0.3) is 0 Å². The molecule has 3 aromatic rings. The maximum atomic E-state index is 12.8. The van der Waals surface area contributed by atoms with Crippen LogP contribution >= 0.6 is 0 Å². The lowest BCUT2D eigenvalue weighted by molar-refractivity contribution is 0.0966. The van der Waals surface area contributed by atoms with Crippen molar-refractivity contribution < 1.29 is 4.79 Å². The second-order valence-corrected chi connectivity index (χ2v) is 6.01. The molecule has 4 rings (SSSR count). The van der Waals surface area contributed by atoms with Crippen molar-refractivity contribution >= 4 is 17.4 Å². The van der Waals surface area contributed by atoms with Crippen molar-refractivity contribution in [2.45, 2.75) is 12.5 Å². The summed E-state index contributed by atoms with van der Waals surface area (Å²) in [5.74, 6) is 1.43. The van der Waals surface area contributed by atoms with E-state index in [1.54, 1.807) is 12.4 Å². The zero-order chi connectivity index (χ0) is 17.1. The van der Waals surface area contributed by atoms with Crippen LogP contribution in [-0.2, 0) is 6.54 Å². The fourth-order valence-electron chi connectivity index (χ4n) is 3.02. The third kappa shape index (κ3) is 3.21. The molecule has 1 aromatic carbocycles. The molecule has 25 heavy (non-hydrogen) atoms. The van der Waals surface area contributed by atoms with E-state index in [0.29, 0.717) is 18.7 Å². The normalized spacial score (nSPS) is 15.3. The predicted octanol–water partition coefficient (Wildman–Crippen LogP) is 3.48. The Morgan fingerprint density at radius 1 is 1.08 bits per heavy atom. The summed E-state index contributed by atoms with van der Waals surface area (Å²) in [6, 6.07) is 17.6. The van der Waals surface area contributed by atoms with E-state index >= 15 is 0 Å². The molecule has 0 amide bonds. The number of anilines is 2. The van der Waals surface area contributed by atoms with Gasteiger partial charge in [-0.15, -0.1) is 0 Å². The number of ketones is 1. The Labute approximate surface area is 146 Å². The summed E-state index contributed by atoms with van der Waals surface area (Å²) in [7, 11) is 0. The van der Waals surface area contributed by atoms with Crippen molar-refractivity contribution in [3.63, 3.8) is 0 Å². The van der Waals surface area contributed by atoms with Crippen LogP contribution in [0.5, 0.6) is 0 Å². The molecule has 0 aliphatic carbocycles. The van der Waals surface area contributed by atoms with E-state index < -0.39 is 0 Å². The minimum Gasteiger partial charge on any atom is -0.369 e. The Morgan fingerprint density at radius 3 is 2.76 bits per heavy atom. The Balaban J connectivity index is 1.44. The van der Waals surface area contributed by atoms with E-state index in [0.717, 1.165) is 17.2 Å². The SMILES string of the molecule is O=C(c1ccc(NCc2ccccc2)nc1)C1CNc2ncccc21.